The van der Waals surface area contributed by atoms with Crippen molar-refractivity contribution in [3.8, 4) is 11.3 Å². The highest BCUT2D eigenvalue weighted by Gasteiger charge is 2.23. The van der Waals surface area contributed by atoms with Crippen molar-refractivity contribution in [3.63, 3.8) is 0 Å². The van der Waals surface area contributed by atoms with Gasteiger partial charge >= 0.3 is 11.9 Å². The number of rotatable bonds is 7. The number of hydrogen-bond donors (Lipinski definition) is 3. The van der Waals surface area contributed by atoms with Crippen molar-refractivity contribution in [3.05, 3.63) is 78.8 Å². The Morgan fingerprint density at radius 1 is 1.16 bits per heavy atom. The largest absolute Gasteiger partial charge is 0.478 e. The van der Waals surface area contributed by atoms with Crippen LogP contribution in [-0.2, 0) is 26.2 Å². The van der Waals surface area contributed by atoms with Crippen LogP contribution in [0.4, 0.5) is 4.39 Å². The molecule has 0 aliphatic rings. The molecule has 3 heterocycles. The summed E-state index contributed by atoms with van der Waals surface area (Å²) in [7, 11) is -2.15. The third-order valence-corrected chi connectivity index (χ3v) is 5.48. The number of aliphatic carboxylic acids is 2. The van der Waals surface area contributed by atoms with Crippen LogP contribution in [0.1, 0.15) is 5.56 Å². The zero-order valence-corrected chi connectivity index (χ0v) is 17.5. The van der Waals surface area contributed by atoms with Crippen molar-refractivity contribution < 1.29 is 32.6 Å². The van der Waals surface area contributed by atoms with Gasteiger partial charge in [-0.15, -0.1) is 0 Å². The summed E-state index contributed by atoms with van der Waals surface area (Å²) in [6.45, 7) is 0.449. The van der Waals surface area contributed by atoms with Crippen molar-refractivity contribution in [2.75, 3.05) is 7.05 Å². The summed E-state index contributed by atoms with van der Waals surface area (Å²) in [5, 5.41) is 18.6. The number of hydrogen-bond acceptors (Lipinski definition) is 7. The minimum atomic E-state index is -3.90. The van der Waals surface area contributed by atoms with E-state index in [2.05, 4.69) is 15.3 Å². The second-order valence-corrected chi connectivity index (χ2v) is 7.92. The smallest absolute Gasteiger partial charge is 0.328 e. The maximum Gasteiger partial charge on any atom is 0.328 e. The van der Waals surface area contributed by atoms with Crippen molar-refractivity contribution >= 4 is 22.0 Å². The highest BCUT2D eigenvalue weighted by Crippen LogP contribution is 2.28. The third-order valence-electron chi connectivity index (χ3n) is 3.82. The van der Waals surface area contributed by atoms with Crippen LogP contribution >= 0.6 is 0 Å². The Bertz CT molecular complexity index is 1210. The van der Waals surface area contributed by atoms with Gasteiger partial charge in [-0.1, -0.05) is 0 Å². The van der Waals surface area contributed by atoms with Gasteiger partial charge in [0.05, 0.1) is 11.3 Å². The quantitative estimate of drug-likeness (QED) is 0.352. The number of pyridine rings is 2. The fourth-order valence-electron chi connectivity index (χ4n) is 2.53. The molecule has 168 valence electrons. The Morgan fingerprint density at radius 2 is 1.81 bits per heavy atom. The fourth-order valence-corrected chi connectivity index (χ4v) is 3.88. The number of nitrogens with zero attached hydrogens (tertiary/aromatic N) is 3. The van der Waals surface area contributed by atoms with Crippen LogP contribution in [0.25, 0.3) is 11.3 Å². The second-order valence-electron chi connectivity index (χ2n) is 6.11. The topological polar surface area (TPSA) is 151 Å². The first kappa shape index (κ1) is 24.4. The van der Waals surface area contributed by atoms with Gasteiger partial charge in [-0.25, -0.2) is 27.0 Å². The second kappa shape index (κ2) is 10.9. The lowest BCUT2D eigenvalue weighted by molar-refractivity contribution is -0.134. The summed E-state index contributed by atoms with van der Waals surface area (Å²) < 4.78 is 41.0. The molecule has 0 aliphatic heterocycles. The van der Waals surface area contributed by atoms with Gasteiger partial charge in [0.1, 0.15) is 4.90 Å². The number of carboxylic acids is 2. The van der Waals surface area contributed by atoms with Crippen LogP contribution in [0, 0.1) is 5.95 Å². The van der Waals surface area contributed by atoms with E-state index < -0.39 is 27.9 Å². The minimum Gasteiger partial charge on any atom is -0.478 e. The van der Waals surface area contributed by atoms with E-state index in [0.29, 0.717) is 24.3 Å². The molecule has 0 bridgehead atoms. The molecule has 3 N–H and O–H groups in total. The summed E-state index contributed by atoms with van der Waals surface area (Å²) >= 11 is 0. The molecule has 0 spiro atoms. The van der Waals surface area contributed by atoms with E-state index in [-0.39, 0.29) is 16.2 Å². The number of nitrogens with one attached hydrogen (secondary N) is 1. The molecule has 0 amide bonds. The van der Waals surface area contributed by atoms with Gasteiger partial charge < -0.3 is 15.5 Å². The molecule has 0 unspecified atom stereocenters. The zero-order valence-electron chi connectivity index (χ0n) is 16.7. The molecule has 0 radical (unpaired) electrons. The summed E-state index contributed by atoms with van der Waals surface area (Å²) in [4.78, 5) is 26.6. The van der Waals surface area contributed by atoms with Gasteiger partial charge in [0.25, 0.3) is 10.0 Å². The number of carbonyl (C=O) groups is 2. The van der Waals surface area contributed by atoms with Crippen LogP contribution in [0.15, 0.2) is 72.2 Å². The van der Waals surface area contributed by atoms with Crippen molar-refractivity contribution in [1.29, 1.82) is 0 Å². The van der Waals surface area contributed by atoms with E-state index in [9.17, 15) is 22.4 Å². The van der Waals surface area contributed by atoms with E-state index in [4.69, 9.17) is 10.2 Å². The summed E-state index contributed by atoms with van der Waals surface area (Å²) in [6, 6.07) is 7.67. The van der Waals surface area contributed by atoms with Gasteiger partial charge in [0.2, 0.25) is 5.95 Å². The van der Waals surface area contributed by atoms with E-state index >= 15 is 0 Å². The van der Waals surface area contributed by atoms with E-state index in [1.54, 1.807) is 19.2 Å². The molecule has 0 fully saturated rings. The van der Waals surface area contributed by atoms with Crippen LogP contribution in [0.2, 0.25) is 0 Å². The Balaban J connectivity index is 0.000000390. The van der Waals surface area contributed by atoms with E-state index in [1.165, 1.54) is 43.0 Å². The summed E-state index contributed by atoms with van der Waals surface area (Å²) in [5.41, 5.74) is 1.05. The predicted molar refractivity (Wildman–Crippen MR) is 112 cm³/mol. The van der Waals surface area contributed by atoms with Crippen molar-refractivity contribution in [1.82, 2.24) is 19.3 Å². The fraction of sp³-hybridized carbons (Fsp3) is 0.100. The Hall–Kier alpha value is -3.90. The first-order chi connectivity index (χ1) is 15.2. The molecule has 0 aliphatic carbocycles. The molecule has 0 saturated carbocycles. The molecule has 0 aromatic carbocycles. The molecule has 3 aromatic rings. The van der Waals surface area contributed by atoms with Crippen LogP contribution in [0.5, 0.6) is 0 Å². The molecule has 0 saturated heterocycles. The lowest BCUT2D eigenvalue weighted by atomic mass is 10.2. The molecule has 3 aromatic heterocycles. The SMILES string of the molecule is CNCc1cc(-c2cccnc2F)n(S(=O)(=O)c2cccnc2)c1.O=C(O)C=CC(=O)O. The summed E-state index contributed by atoms with van der Waals surface area (Å²) in [5.74, 6) is -3.24. The van der Waals surface area contributed by atoms with Gasteiger partial charge in [-0.3, -0.25) is 4.98 Å². The standard InChI is InChI=1S/C16H15FN4O2S.C4H4O4/c1-18-9-12-8-15(14-5-3-7-20-16(14)17)21(11-12)24(22,23)13-4-2-6-19-10-13;5-3(6)1-2-4(7)8/h2-8,10-11,18H,9H2,1H3;1-2H,(H,5,6)(H,7,8). The van der Waals surface area contributed by atoms with Gasteiger partial charge in [-0.2, -0.15) is 4.39 Å². The van der Waals surface area contributed by atoms with E-state index in [0.717, 1.165) is 3.97 Å². The highest BCUT2D eigenvalue weighted by atomic mass is 32.2. The van der Waals surface area contributed by atoms with Gasteiger partial charge in [-0.05, 0) is 42.9 Å². The van der Waals surface area contributed by atoms with Gasteiger partial charge in [0.15, 0.2) is 0 Å². The molecule has 10 nitrogen and oxygen atoms in total. The minimum absolute atomic E-state index is 0.0298. The number of aromatic nitrogens is 3. The lowest BCUT2D eigenvalue weighted by Crippen LogP contribution is -2.14. The van der Waals surface area contributed by atoms with E-state index in [1.807, 2.05) is 0 Å². The van der Waals surface area contributed by atoms with Crippen LogP contribution < -0.4 is 5.32 Å². The molecule has 12 heteroatoms. The molecular weight excluding hydrogens is 443 g/mol. The van der Waals surface area contributed by atoms with Crippen molar-refractivity contribution in [2.24, 2.45) is 0 Å². The predicted octanol–water partition coefficient (Wildman–Crippen LogP) is 1.75. The molecular formula is C20H19FN4O6S. The lowest BCUT2D eigenvalue weighted by Gasteiger charge is -2.10. The summed E-state index contributed by atoms with van der Waals surface area (Å²) in [6.07, 6.45) is 6.65. The zero-order chi connectivity index (χ0) is 23.7. The first-order valence-electron chi connectivity index (χ1n) is 8.93. The van der Waals surface area contributed by atoms with Crippen LogP contribution in [0.3, 0.4) is 0 Å². The Kier molecular flexibility index (Phi) is 8.32. The Morgan fingerprint density at radius 3 is 2.34 bits per heavy atom. The molecule has 3 rings (SSSR count). The highest BCUT2D eigenvalue weighted by molar-refractivity contribution is 7.90. The number of halogens is 1. The maximum absolute atomic E-state index is 14.1. The normalized spacial score (nSPS) is 11.1. The maximum atomic E-state index is 14.1. The monoisotopic (exact) mass is 462 g/mol. The molecule has 32 heavy (non-hydrogen) atoms. The van der Waals surface area contributed by atoms with Crippen LogP contribution in [-0.4, -0.2) is 51.6 Å². The average molecular weight is 462 g/mol. The molecule has 0 atom stereocenters. The van der Waals surface area contributed by atoms with Crippen molar-refractivity contribution in [2.45, 2.75) is 11.4 Å². The average Bonchev–Trinajstić information content (AvgIpc) is 3.18. The Labute approximate surface area is 182 Å². The third kappa shape index (κ3) is 6.30. The number of carboxylic acid groups (broad SMARTS) is 2. The first-order valence-corrected chi connectivity index (χ1v) is 10.4. The van der Waals surface area contributed by atoms with Gasteiger partial charge in [0, 0.05) is 43.5 Å².